The fourth-order valence-electron chi connectivity index (χ4n) is 2.22. The molecule has 0 radical (unpaired) electrons. The van der Waals surface area contributed by atoms with Crippen LogP contribution in [0.3, 0.4) is 0 Å². The predicted molar refractivity (Wildman–Crippen MR) is 99.2 cm³/mol. The third kappa shape index (κ3) is 5.45. The molecule has 0 saturated heterocycles. The molecule has 0 spiro atoms. The number of rotatable bonds is 9. The smallest absolute Gasteiger partial charge is 0.311 e. The van der Waals surface area contributed by atoms with Crippen LogP contribution in [0.4, 0.5) is 10.1 Å². The van der Waals surface area contributed by atoms with Crippen molar-refractivity contribution >= 4 is 23.4 Å². The highest BCUT2D eigenvalue weighted by atomic mass is 32.2. The summed E-state index contributed by atoms with van der Waals surface area (Å²) < 4.78 is 18.7. The Hall–Kier alpha value is -2.61. The Morgan fingerprint density at radius 2 is 2.08 bits per heavy atom. The molecule has 138 valence electrons. The molecule has 0 heterocycles. The first-order valence-electron chi connectivity index (χ1n) is 8.03. The summed E-state index contributed by atoms with van der Waals surface area (Å²) in [6.45, 7) is 2.40. The van der Waals surface area contributed by atoms with Crippen molar-refractivity contribution in [2.45, 2.75) is 12.7 Å². The highest BCUT2D eigenvalue weighted by Crippen LogP contribution is 2.28. The van der Waals surface area contributed by atoms with Crippen LogP contribution in [0.5, 0.6) is 5.75 Å². The lowest BCUT2D eigenvalue weighted by molar-refractivity contribution is -0.385. The van der Waals surface area contributed by atoms with Crippen molar-refractivity contribution in [2.75, 3.05) is 18.9 Å². The quantitative estimate of drug-likeness (QED) is 0.408. The zero-order valence-corrected chi connectivity index (χ0v) is 15.1. The van der Waals surface area contributed by atoms with E-state index in [0.717, 1.165) is 0 Å². The van der Waals surface area contributed by atoms with Gasteiger partial charge in [-0.15, -0.1) is 0 Å². The van der Waals surface area contributed by atoms with Gasteiger partial charge in [-0.1, -0.05) is 18.2 Å². The van der Waals surface area contributed by atoms with E-state index in [2.05, 4.69) is 5.32 Å². The second-order valence-electron chi connectivity index (χ2n) is 5.27. The molecular weight excluding hydrogens is 359 g/mol. The highest BCUT2D eigenvalue weighted by molar-refractivity contribution is 7.98. The molecular formula is C18H19FN2O4S. The first-order valence-corrected chi connectivity index (χ1v) is 9.19. The van der Waals surface area contributed by atoms with Gasteiger partial charge in [0, 0.05) is 29.7 Å². The molecule has 0 aliphatic carbocycles. The Labute approximate surface area is 154 Å². The fraction of sp³-hybridized carbons (Fsp3) is 0.278. The molecule has 0 saturated carbocycles. The van der Waals surface area contributed by atoms with Crippen LogP contribution in [0.1, 0.15) is 22.8 Å². The zero-order valence-electron chi connectivity index (χ0n) is 14.2. The van der Waals surface area contributed by atoms with Crippen molar-refractivity contribution in [1.82, 2.24) is 5.32 Å². The van der Waals surface area contributed by atoms with Gasteiger partial charge in [0.15, 0.2) is 5.75 Å². The minimum atomic E-state index is -0.577. The number of hydrogen-bond acceptors (Lipinski definition) is 5. The van der Waals surface area contributed by atoms with Crippen molar-refractivity contribution in [3.8, 4) is 5.75 Å². The van der Waals surface area contributed by atoms with Gasteiger partial charge in [-0.3, -0.25) is 14.9 Å². The van der Waals surface area contributed by atoms with E-state index in [4.69, 9.17) is 4.74 Å². The van der Waals surface area contributed by atoms with Gasteiger partial charge in [-0.05, 0) is 30.7 Å². The molecule has 1 amide bonds. The molecule has 6 nitrogen and oxygen atoms in total. The number of nitro benzene ring substituents is 1. The van der Waals surface area contributed by atoms with Gasteiger partial charge < -0.3 is 10.1 Å². The summed E-state index contributed by atoms with van der Waals surface area (Å²) in [5, 5.41) is 13.8. The number of nitrogens with zero attached hydrogens (tertiary/aromatic N) is 1. The Bertz CT molecular complexity index is 786. The summed E-state index contributed by atoms with van der Waals surface area (Å²) in [7, 11) is 0. The van der Waals surface area contributed by atoms with Gasteiger partial charge in [-0.25, -0.2) is 4.39 Å². The fourth-order valence-corrected chi connectivity index (χ4v) is 3.06. The van der Waals surface area contributed by atoms with E-state index in [9.17, 15) is 19.3 Å². The van der Waals surface area contributed by atoms with E-state index in [0.29, 0.717) is 30.2 Å². The molecule has 2 aromatic rings. The van der Waals surface area contributed by atoms with Crippen LogP contribution in [0.15, 0.2) is 42.5 Å². The van der Waals surface area contributed by atoms with E-state index in [-0.39, 0.29) is 22.8 Å². The molecule has 0 aliphatic rings. The van der Waals surface area contributed by atoms with Crippen LogP contribution in [0, 0.1) is 15.9 Å². The third-order valence-corrected chi connectivity index (χ3v) is 4.47. The van der Waals surface area contributed by atoms with E-state index in [1.165, 1.54) is 36.0 Å². The minimum Gasteiger partial charge on any atom is -0.487 e. The molecule has 2 rings (SSSR count). The lowest BCUT2D eigenvalue weighted by Crippen LogP contribution is -2.25. The zero-order chi connectivity index (χ0) is 18.9. The molecule has 0 bridgehead atoms. The van der Waals surface area contributed by atoms with Gasteiger partial charge in [0.25, 0.3) is 5.91 Å². The van der Waals surface area contributed by atoms with Crippen LogP contribution in [-0.4, -0.2) is 29.7 Å². The second kappa shape index (κ2) is 9.76. The summed E-state index contributed by atoms with van der Waals surface area (Å²) in [4.78, 5) is 22.6. The maximum Gasteiger partial charge on any atom is 0.311 e. The van der Waals surface area contributed by atoms with E-state index >= 15 is 0 Å². The lowest BCUT2D eigenvalue weighted by Gasteiger charge is -2.08. The highest BCUT2D eigenvalue weighted by Gasteiger charge is 2.18. The van der Waals surface area contributed by atoms with Gasteiger partial charge in [-0.2, -0.15) is 11.8 Å². The van der Waals surface area contributed by atoms with Gasteiger partial charge in [0.05, 0.1) is 11.5 Å². The average Bonchev–Trinajstić information content (AvgIpc) is 2.63. The average molecular weight is 378 g/mol. The molecule has 26 heavy (non-hydrogen) atoms. The summed E-state index contributed by atoms with van der Waals surface area (Å²) in [6.07, 6.45) is 0. The normalized spacial score (nSPS) is 10.4. The molecule has 0 unspecified atom stereocenters. The van der Waals surface area contributed by atoms with Crippen LogP contribution >= 0.6 is 11.8 Å². The Kier molecular flexibility index (Phi) is 7.40. The predicted octanol–water partition coefficient (Wildman–Crippen LogP) is 3.80. The van der Waals surface area contributed by atoms with Crippen LogP contribution in [0.25, 0.3) is 0 Å². The van der Waals surface area contributed by atoms with Crippen LogP contribution < -0.4 is 10.1 Å². The van der Waals surface area contributed by atoms with Crippen molar-refractivity contribution in [2.24, 2.45) is 0 Å². The molecule has 2 aromatic carbocycles. The van der Waals surface area contributed by atoms with E-state index in [1.54, 1.807) is 25.1 Å². The molecule has 1 N–H and O–H groups in total. The third-order valence-electron chi connectivity index (χ3n) is 3.47. The summed E-state index contributed by atoms with van der Waals surface area (Å²) in [6, 6.07) is 10.7. The Morgan fingerprint density at radius 1 is 1.31 bits per heavy atom. The van der Waals surface area contributed by atoms with Crippen LogP contribution in [-0.2, 0) is 5.75 Å². The van der Waals surface area contributed by atoms with Crippen molar-refractivity contribution in [1.29, 1.82) is 0 Å². The SMILES string of the molecule is CCOc1ccc(C(=O)NCCSCc2ccccc2F)cc1[N+](=O)[O-]. The second-order valence-corrected chi connectivity index (χ2v) is 6.38. The maximum atomic E-state index is 13.5. The summed E-state index contributed by atoms with van der Waals surface area (Å²) in [5.74, 6) is 0.596. The molecule has 0 aliphatic heterocycles. The lowest BCUT2D eigenvalue weighted by atomic mass is 10.1. The van der Waals surface area contributed by atoms with Crippen molar-refractivity contribution < 1.29 is 18.8 Å². The summed E-state index contributed by atoms with van der Waals surface area (Å²) in [5.41, 5.74) is 0.568. The topological polar surface area (TPSA) is 81.5 Å². The number of carbonyl (C=O) groups excluding carboxylic acids is 1. The minimum absolute atomic E-state index is 0.134. The van der Waals surface area contributed by atoms with Gasteiger partial charge in [0.2, 0.25) is 0 Å². The number of nitrogens with one attached hydrogen (secondary N) is 1. The van der Waals surface area contributed by atoms with Crippen LogP contribution in [0.2, 0.25) is 0 Å². The monoisotopic (exact) mass is 378 g/mol. The summed E-state index contributed by atoms with van der Waals surface area (Å²) >= 11 is 1.49. The number of thioether (sulfide) groups is 1. The first-order chi connectivity index (χ1) is 12.5. The number of ether oxygens (including phenoxy) is 1. The van der Waals surface area contributed by atoms with Gasteiger partial charge in [0.1, 0.15) is 5.82 Å². The van der Waals surface area contributed by atoms with E-state index in [1.807, 2.05) is 0 Å². The molecule has 0 atom stereocenters. The number of halogens is 1. The standard InChI is InChI=1S/C18H19FN2O4S/c1-2-25-17-8-7-13(11-16(17)21(23)24)18(22)20-9-10-26-12-14-5-3-4-6-15(14)19/h3-8,11H,2,9-10,12H2,1H3,(H,20,22). The van der Waals surface area contributed by atoms with Crippen molar-refractivity contribution in [3.63, 3.8) is 0 Å². The van der Waals surface area contributed by atoms with Crippen molar-refractivity contribution in [3.05, 3.63) is 69.5 Å². The first kappa shape index (κ1) is 19.7. The Morgan fingerprint density at radius 3 is 2.77 bits per heavy atom. The molecule has 8 heteroatoms. The number of nitro groups is 1. The number of amides is 1. The number of carbonyl (C=O) groups is 1. The Balaban J connectivity index is 1.85. The van der Waals surface area contributed by atoms with Gasteiger partial charge >= 0.3 is 5.69 Å². The van der Waals surface area contributed by atoms with E-state index < -0.39 is 10.8 Å². The molecule has 0 aromatic heterocycles. The number of benzene rings is 2. The largest absolute Gasteiger partial charge is 0.487 e. The molecule has 0 fully saturated rings. The number of hydrogen-bond donors (Lipinski definition) is 1. The maximum absolute atomic E-state index is 13.5.